The van der Waals surface area contributed by atoms with E-state index in [2.05, 4.69) is 29.3 Å². The van der Waals surface area contributed by atoms with Gasteiger partial charge >= 0.3 is 0 Å². The quantitative estimate of drug-likeness (QED) is 0.179. The van der Waals surface area contributed by atoms with Crippen molar-refractivity contribution in [3.8, 4) is 56.7 Å². The maximum atomic E-state index is 6.12. The second-order valence-electron chi connectivity index (χ2n) is 10.8. The molecule has 0 aliphatic rings. The Morgan fingerprint density at radius 1 is 0.478 bits per heavy atom. The average Bonchev–Trinajstić information content (AvgIpc) is 3.51. The predicted molar refractivity (Wildman–Crippen MR) is 183 cm³/mol. The molecular formula is C39H26N6O. The Balaban J connectivity index is 1.27. The molecule has 0 radical (unpaired) electrons. The fraction of sp³-hybridized carbons (Fsp3) is 0.0256. The minimum Gasteiger partial charge on any atom is -0.452 e. The molecular weight excluding hydrogens is 568 g/mol. The van der Waals surface area contributed by atoms with Crippen molar-refractivity contribution < 1.29 is 4.42 Å². The lowest BCUT2D eigenvalue weighted by Gasteiger charge is -2.10. The molecule has 0 saturated heterocycles. The Kier molecular flexibility index (Phi) is 6.88. The minimum absolute atomic E-state index is 0.556. The first-order valence-corrected chi connectivity index (χ1v) is 14.9. The van der Waals surface area contributed by atoms with E-state index in [-0.39, 0.29) is 0 Å². The Morgan fingerprint density at radius 2 is 0.978 bits per heavy atom. The van der Waals surface area contributed by atoms with E-state index < -0.39 is 0 Å². The summed E-state index contributed by atoms with van der Waals surface area (Å²) < 4.78 is 6.12. The molecule has 0 spiro atoms. The zero-order valence-corrected chi connectivity index (χ0v) is 24.9. The Morgan fingerprint density at radius 3 is 1.63 bits per heavy atom. The molecule has 3 heterocycles. The van der Waals surface area contributed by atoms with Crippen LogP contribution in [0.3, 0.4) is 0 Å². The molecule has 8 rings (SSSR count). The van der Waals surface area contributed by atoms with Crippen LogP contribution >= 0.6 is 0 Å². The van der Waals surface area contributed by atoms with E-state index in [1.165, 1.54) is 0 Å². The van der Waals surface area contributed by atoms with Crippen LogP contribution in [0.15, 0.2) is 143 Å². The van der Waals surface area contributed by atoms with E-state index in [0.717, 1.165) is 49.9 Å². The third-order valence-electron chi connectivity index (χ3n) is 7.77. The molecule has 218 valence electrons. The summed E-state index contributed by atoms with van der Waals surface area (Å²) in [6.07, 6.45) is 1.70. The number of para-hydroxylation sites is 1. The molecule has 0 amide bonds. The number of furan rings is 1. The topological polar surface area (TPSA) is 90.0 Å². The van der Waals surface area contributed by atoms with Gasteiger partial charge in [-0.3, -0.25) is 4.99 Å². The molecule has 0 N–H and O–H groups in total. The van der Waals surface area contributed by atoms with E-state index in [9.17, 15) is 0 Å². The number of benzene rings is 5. The zero-order valence-electron chi connectivity index (χ0n) is 24.9. The molecule has 7 nitrogen and oxygen atoms in total. The molecule has 0 aliphatic heterocycles. The third kappa shape index (κ3) is 5.10. The Labute approximate surface area is 265 Å². The SMILES string of the molecule is C/N=C\c1nc(-c2cccc(-c3nc(-c4ccccc4)nc(-c4cccc(-c5ccccc5)c4)n3)c2)nc2c1oc1ccccc12. The molecule has 3 aromatic heterocycles. The molecule has 0 saturated carbocycles. The Bertz CT molecular complexity index is 2380. The molecule has 0 fully saturated rings. The second-order valence-corrected chi connectivity index (χ2v) is 10.8. The van der Waals surface area contributed by atoms with Gasteiger partial charge in [0, 0.05) is 34.7 Å². The number of hydrogen-bond donors (Lipinski definition) is 0. The van der Waals surface area contributed by atoms with Crippen molar-refractivity contribution in [3.63, 3.8) is 0 Å². The molecule has 0 unspecified atom stereocenters. The van der Waals surface area contributed by atoms with Gasteiger partial charge in [-0.1, -0.05) is 109 Å². The van der Waals surface area contributed by atoms with Gasteiger partial charge in [0.25, 0.3) is 0 Å². The smallest absolute Gasteiger partial charge is 0.181 e. The van der Waals surface area contributed by atoms with Gasteiger partial charge in [-0.25, -0.2) is 24.9 Å². The van der Waals surface area contributed by atoms with Gasteiger partial charge in [0.15, 0.2) is 28.9 Å². The lowest BCUT2D eigenvalue weighted by Crippen LogP contribution is -2.01. The summed E-state index contributed by atoms with van der Waals surface area (Å²) in [5.41, 5.74) is 8.41. The van der Waals surface area contributed by atoms with E-state index in [0.29, 0.717) is 34.6 Å². The standard InChI is InChI=1S/C39H26N6O/c1-40-24-32-35-34(31-20-8-9-21-33(31)46-35)42-37(41-32)29-18-11-19-30(23-29)39-44-36(26-14-6-3-7-15-26)43-38(45-39)28-17-10-16-27(22-28)25-12-4-2-5-13-25/h2-24H,1H3/b40-24-. The lowest BCUT2D eigenvalue weighted by atomic mass is 10.0. The van der Waals surface area contributed by atoms with E-state index >= 15 is 0 Å². The molecule has 46 heavy (non-hydrogen) atoms. The van der Waals surface area contributed by atoms with Crippen molar-refractivity contribution in [3.05, 3.63) is 139 Å². The van der Waals surface area contributed by atoms with Gasteiger partial charge < -0.3 is 4.42 Å². The predicted octanol–water partition coefficient (Wildman–Crippen LogP) is 8.94. The van der Waals surface area contributed by atoms with Crippen molar-refractivity contribution in [2.24, 2.45) is 4.99 Å². The van der Waals surface area contributed by atoms with Crippen molar-refractivity contribution in [1.82, 2.24) is 24.9 Å². The van der Waals surface area contributed by atoms with Crippen LogP contribution in [-0.2, 0) is 0 Å². The number of aliphatic imine (C=N–C) groups is 1. The number of hydrogen-bond acceptors (Lipinski definition) is 7. The minimum atomic E-state index is 0.556. The summed E-state index contributed by atoms with van der Waals surface area (Å²) >= 11 is 0. The summed E-state index contributed by atoms with van der Waals surface area (Å²) in [6, 6.07) is 44.4. The van der Waals surface area contributed by atoms with Crippen molar-refractivity contribution in [2.75, 3.05) is 7.05 Å². The molecule has 0 aliphatic carbocycles. The van der Waals surface area contributed by atoms with Crippen LogP contribution in [0.1, 0.15) is 5.69 Å². The summed E-state index contributed by atoms with van der Waals surface area (Å²) in [4.78, 5) is 28.9. The maximum Gasteiger partial charge on any atom is 0.181 e. The van der Waals surface area contributed by atoms with Gasteiger partial charge in [-0.15, -0.1) is 0 Å². The highest BCUT2D eigenvalue weighted by atomic mass is 16.3. The van der Waals surface area contributed by atoms with Crippen LogP contribution in [0, 0.1) is 0 Å². The average molecular weight is 595 g/mol. The fourth-order valence-electron chi connectivity index (χ4n) is 5.57. The molecule has 0 atom stereocenters. The first-order chi connectivity index (χ1) is 22.7. The third-order valence-corrected chi connectivity index (χ3v) is 7.77. The number of aromatic nitrogens is 5. The summed E-state index contributed by atoms with van der Waals surface area (Å²) in [6.45, 7) is 0. The van der Waals surface area contributed by atoms with E-state index in [4.69, 9.17) is 29.3 Å². The van der Waals surface area contributed by atoms with E-state index in [1.54, 1.807) is 13.3 Å². The molecule has 7 heteroatoms. The summed E-state index contributed by atoms with van der Waals surface area (Å²) in [7, 11) is 1.72. The molecule has 0 bridgehead atoms. The highest BCUT2D eigenvalue weighted by molar-refractivity contribution is 6.07. The highest BCUT2D eigenvalue weighted by Gasteiger charge is 2.17. The zero-order chi connectivity index (χ0) is 30.9. The van der Waals surface area contributed by atoms with Crippen LogP contribution < -0.4 is 0 Å². The van der Waals surface area contributed by atoms with Crippen LogP contribution in [0.5, 0.6) is 0 Å². The van der Waals surface area contributed by atoms with Crippen LogP contribution in [-0.4, -0.2) is 38.2 Å². The highest BCUT2D eigenvalue weighted by Crippen LogP contribution is 2.32. The monoisotopic (exact) mass is 594 g/mol. The largest absolute Gasteiger partial charge is 0.452 e. The second kappa shape index (κ2) is 11.6. The Hall–Kier alpha value is -6.34. The fourth-order valence-corrected chi connectivity index (χ4v) is 5.57. The first-order valence-electron chi connectivity index (χ1n) is 14.9. The van der Waals surface area contributed by atoms with Crippen LogP contribution in [0.4, 0.5) is 0 Å². The van der Waals surface area contributed by atoms with Crippen molar-refractivity contribution >= 4 is 28.3 Å². The van der Waals surface area contributed by atoms with Crippen LogP contribution in [0.2, 0.25) is 0 Å². The van der Waals surface area contributed by atoms with Gasteiger partial charge in [0.2, 0.25) is 0 Å². The van der Waals surface area contributed by atoms with Gasteiger partial charge in [0.05, 0.1) is 6.21 Å². The lowest BCUT2D eigenvalue weighted by molar-refractivity contribution is 0.665. The van der Waals surface area contributed by atoms with Gasteiger partial charge in [0.1, 0.15) is 16.8 Å². The number of fused-ring (bicyclic) bond motifs is 3. The van der Waals surface area contributed by atoms with Gasteiger partial charge in [-0.05, 0) is 35.4 Å². The number of rotatable bonds is 6. The van der Waals surface area contributed by atoms with Gasteiger partial charge in [-0.2, -0.15) is 0 Å². The summed E-state index contributed by atoms with van der Waals surface area (Å²) in [5, 5.41) is 0.926. The number of nitrogens with zero attached hydrogens (tertiary/aromatic N) is 6. The molecule has 8 aromatic rings. The molecule has 5 aromatic carbocycles. The van der Waals surface area contributed by atoms with E-state index in [1.807, 2.05) is 109 Å². The summed E-state index contributed by atoms with van der Waals surface area (Å²) in [5.74, 6) is 2.31. The normalized spacial score (nSPS) is 11.5. The van der Waals surface area contributed by atoms with Crippen LogP contribution in [0.25, 0.3) is 78.7 Å². The first kappa shape index (κ1) is 27.2. The van der Waals surface area contributed by atoms with Crippen molar-refractivity contribution in [1.29, 1.82) is 0 Å². The maximum absolute atomic E-state index is 6.12. The van der Waals surface area contributed by atoms with Crippen molar-refractivity contribution in [2.45, 2.75) is 0 Å².